The van der Waals surface area contributed by atoms with Gasteiger partial charge in [-0.3, -0.25) is 33.6 Å². The predicted octanol–water partition coefficient (Wildman–Crippen LogP) is 1.34. The van der Waals surface area contributed by atoms with Crippen LogP contribution in [0.15, 0.2) is 36.4 Å². The van der Waals surface area contributed by atoms with Gasteiger partial charge in [0.2, 0.25) is 0 Å². The maximum Gasteiger partial charge on any atom is 0.193 e. The summed E-state index contributed by atoms with van der Waals surface area (Å²) in [6.07, 6.45) is 0. The molecule has 2 atom stereocenters. The Hall–Kier alpha value is -3.95. The Bertz CT molecular complexity index is 1220. The van der Waals surface area contributed by atoms with Crippen LogP contribution in [0.1, 0.15) is 57.4 Å². The average molecular weight is 462 g/mol. The van der Waals surface area contributed by atoms with Crippen LogP contribution in [0.3, 0.4) is 0 Å². The van der Waals surface area contributed by atoms with E-state index in [1.54, 1.807) is 0 Å². The topological polar surface area (TPSA) is 138 Å². The molecule has 0 bridgehead atoms. The molecule has 0 amide bonds. The molecule has 34 heavy (non-hydrogen) atoms. The summed E-state index contributed by atoms with van der Waals surface area (Å²) in [6, 6.07) is 7.79. The molecule has 0 aliphatic heterocycles. The van der Waals surface area contributed by atoms with Crippen LogP contribution >= 0.6 is 0 Å². The molecule has 2 aromatic carbocycles. The van der Waals surface area contributed by atoms with Gasteiger partial charge in [-0.25, -0.2) is 0 Å². The first kappa shape index (κ1) is 23.2. The van der Waals surface area contributed by atoms with E-state index < -0.39 is 65.5 Å². The monoisotopic (exact) mass is 462 g/mol. The van der Waals surface area contributed by atoms with Crippen molar-refractivity contribution in [2.24, 2.45) is 11.8 Å². The highest BCUT2D eigenvalue weighted by Gasteiger charge is 2.44. The van der Waals surface area contributed by atoms with Crippen molar-refractivity contribution in [1.82, 2.24) is 0 Å². The largest absolute Gasteiger partial charge is 0.377 e. The lowest BCUT2D eigenvalue weighted by Crippen LogP contribution is -2.28. The molecular formula is C25H18O9. The number of carbonyl (C=O) groups excluding carboxylic acids is 7. The first-order valence-electron chi connectivity index (χ1n) is 10.2. The molecule has 2 aliphatic carbocycles. The van der Waals surface area contributed by atoms with E-state index in [9.17, 15) is 33.6 Å². The fourth-order valence-corrected chi connectivity index (χ4v) is 4.27. The predicted molar refractivity (Wildman–Crippen MR) is 114 cm³/mol. The van der Waals surface area contributed by atoms with Crippen LogP contribution in [-0.4, -0.2) is 67.9 Å². The molecule has 0 saturated carbocycles. The molecule has 2 aromatic rings. The fraction of sp³-hybridized carbons (Fsp3) is 0.240. The number of ketones is 7. The molecule has 172 valence electrons. The molecule has 4 rings (SSSR count). The van der Waals surface area contributed by atoms with E-state index in [2.05, 4.69) is 0 Å². The van der Waals surface area contributed by atoms with E-state index in [4.69, 9.17) is 9.47 Å². The number of benzene rings is 2. The van der Waals surface area contributed by atoms with Crippen molar-refractivity contribution in [3.63, 3.8) is 0 Å². The van der Waals surface area contributed by atoms with Crippen LogP contribution in [0, 0.1) is 11.8 Å². The smallest absolute Gasteiger partial charge is 0.193 e. The molecule has 2 aliphatic rings. The molecule has 0 spiro atoms. The van der Waals surface area contributed by atoms with Gasteiger partial charge in [0.1, 0.15) is 25.0 Å². The summed E-state index contributed by atoms with van der Waals surface area (Å²) in [5, 5.41) is 0. The summed E-state index contributed by atoms with van der Waals surface area (Å²) < 4.78 is 9.46. The summed E-state index contributed by atoms with van der Waals surface area (Å²) in [7, 11) is 2.55. The van der Waals surface area contributed by atoms with Crippen LogP contribution in [0.5, 0.6) is 0 Å². The van der Waals surface area contributed by atoms with Crippen molar-refractivity contribution < 1.29 is 43.0 Å². The summed E-state index contributed by atoms with van der Waals surface area (Å²) in [4.78, 5) is 87.8. The normalized spacial score (nSPS) is 18.8. The van der Waals surface area contributed by atoms with Crippen molar-refractivity contribution in [1.29, 1.82) is 0 Å². The van der Waals surface area contributed by atoms with Gasteiger partial charge in [-0.2, -0.15) is 0 Å². The third-order valence-corrected chi connectivity index (χ3v) is 5.89. The van der Waals surface area contributed by atoms with Gasteiger partial charge < -0.3 is 9.47 Å². The molecule has 0 aromatic heterocycles. The van der Waals surface area contributed by atoms with Gasteiger partial charge in [0.25, 0.3) is 0 Å². The molecule has 9 nitrogen and oxygen atoms in total. The number of rotatable bonds is 8. The Morgan fingerprint density at radius 2 is 0.971 bits per heavy atom. The lowest BCUT2D eigenvalue weighted by molar-refractivity contribution is -0.124. The van der Waals surface area contributed by atoms with Crippen LogP contribution in [0.4, 0.5) is 0 Å². The summed E-state index contributed by atoms with van der Waals surface area (Å²) in [5.74, 6) is -7.58. The van der Waals surface area contributed by atoms with Crippen molar-refractivity contribution in [3.8, 4) is 0 Å². The number of Topliss-reactive ketones (excluding diaryl/α,β-unsaturated/α-hetero) is 6. The van der Waals surface area contributed by atoms with E-state index in [0.717, 1.165) is 0 Å². The molecular weight excluding hydrogens is 444 g/mol. The van der Waals surface area contributed by atoms with Crippen LogP contribution < -0.4 is 0 Å². The van der Waals surface area contributed by atoms with Gasteiger partial charge in [-0.05, 0) is 24.3 Å². The summed E-state index contributed by atoms with van der Waals surface area (Å²) >= 11 is 0. The quantitative estimate of drug-likeness (QED) is 0.420. The van der Waals surface area contributed by atoms with Crippen molar-refractivity contribution >= 4 is 40.5 Å². The summed E-state index contributed by atoms with van der Waals surface area (Å²) in [5.41, 5.74) is 0.133. The molecule has 0 heterocycles. The zero-order chi connectivity index (χ0) is 24.7. The SMILES string of the molecule is COCC(=O)C1C(=O)c2ccc(C(=O)c3ccc4c(c3)C(=O)C(C(=O)COC)C4=O)cc2C1=O. The molecule has 0 radical (unpaired) electrons. The minimum Gasteiger partial charge on any atom is -0.377 e. The number of hydrogen-bond acceptors (Lipinski definition) is 9. The maximum absolute atomic E-state index is 13.1. The Balaban J connectivity index is 1.65. The highest BCUT2D eigenvalue weighted by Crippen LogP contribution is 2.31. The molecule has 0 N–H and O–H groups in total. The second kappa shape index (κ2) is 8.77. The highest BCUT2D eigenvalue weighted by atomic mass is 16.5. The van der Waals surface area contributed by atoms with Crippen LogP contribution in [0.25, 0.3) is 0 Å². The molecule has 9 heteroatoms. The van der Waals surface area contributed by atoms with E-state index in [1.165, 1.54) is 50.6 Å². The van der Waals surface area contributed by atoms with Gasteiger partial charge in [0, 0.05) is 47.6 Å². The van der Waals surface area contributed by atoms with Gasteiger partial charge in [-0.1, -0.05) is 12.1 Å². The van der Waals surface area contributed by atoms with Gasteiger partial charge in [0.15, 0.2) is 40.5 Å². The second-order valence-electron chi connectivity index (χ2n) is 7.97. The Kier molecular flexibility index (Phi) is 5.99. The maximum atomic E-state index is 13.1. The Morgan fingerprint density at radius 1 is 0.618 bits per heavy atom. The zero-order valence-corrected chi connectivity index (χ0v) is 18.2. The standard InChI is InChI=1S/C25H18O9/c1-33-9-17(26)19-22(29)13-5-3-11(7-15(13)24(19)31)21(28)12-4-6-14-16(8-12)25(32)20(23(14)30)18(27)10-34-2/h3-8,19-20H,9-10H2,1-2H3. The fourth-order valence-electron chi connectivity index (χ4n) is 4.27. The van der Waals surface area contributed by atoms with E-state index in [0.29, 0.717) is 0 Å². The molecule has 0 fully saturated rings. The number of hydrogen-bond donors (Lipinski definition) is 0. The van der Waals surface area contributed by atoms with Gasteiger partial charge >= 0.3 is 0 Å². The minimum absolute atomic E-state index is 0.0389. The zero-order valence-electron chi connectivity index (χ0n) is 18.2. The van der Waals surface area contributed by atoms with Gasteiger partial charge in [-0.15, -0.1) is 0 Å². The minimum atomic E-state index is -1.49. The third kappa shape index (κ3) is 3.55. The molecule has 0 saturated heterocycles. The number of fused-ring (bicyclic) bond motifs is 2. The summed E-state index contributed by atoms with van der Waals surface area (Å²) in [6.45, 7) is -0.782. The second-order valence-corrected chi connectivity index (χ2v) is 7.97. The number of ether oxygens (including phenoxy) is 2. The van der Waals surface area contributed by atoms with E-state index >= 15 is 0 Å². The highest BCUT2D eigenvalue weighted by molar-refractivity contribution is 6.37. The average Bonchev–Trinajstić information content (AvgIpc) is 3.22. The van der Waals surface area contributed by atoms with Crippen molar-refractivity contribution in [2.75, 3.05) is 27.4 Å². The first-order chi connectivity index (χ1) is 16.2. The van der Waals surface area contributed by atoms with Crippen LogP contribution in [0.2, 0.25) is 0 Å². The van der Waals surface area contributed by atoms with E-state index in [-0.39, 0.29) is 33.4 Å². The lowest BCUT2D eigenvalue weighted by Gasteiger charge is -2.05. The Morgan fingerprint density at radius 3 is 1.32 bits per heavy atom. The van der Waals surface area contributed by atoms with Gasteiger partial charge in [0.05, 0.1) is 0 Å². The lowest BCUT2D eigenvalue weighted by atomic mass is 9.96. The van der Waals surface area contributed by atoms with Crippen molar-refractivity contribution in [3.05, 3.63) is 69.8 Å². The third-order valence-electron chi connectivity index (χ3n) is 5.89. The van der Waals surface area contributed by atoms with E-state index in [1.807, 2.05) is 0 Å². The van der Waals surface area contributed by atoms with Crippen molar-refractivity contribution in [2.45, 2.75) is 0 Å². The van der Waals surface area contributed by atoms with Crippen LogP contribution in [-0.2, 0) is 19.1 Å². The first-order valence-corrected chi connectivity index (χ1v) is 10.2. The molecule has 2 unspecified atom stereocenters. The Labute approximate surface area is 193 Å². The number of carbonyl (C=O) groups is 7. The number of methoxy groups -OCH3 is 2.